The van der Waals surface area contributed by atoms with Gasteiger partial charge in [0.1, 0.15) is 0 Å². The third kappa shape index (κ3) is 23.5. The van der Waals surface area contributed by atoms with Crippen LogP contribution in [0.3, 0.4) is 0 Å². The number of rotatable bonds is 14. The van der Waals surface area contributed by atoms with E-state index in [0.29, 0.717) is 5.92 Å². The first kappa shape index (κ1) is 36.4. The van der Waals surface area contributed by atoms with Gasteiger partial charge in [-0.05, 0) is 25.2 Å². The number of allylic oxidation sites excluding steroid dienone is 2. The summed E-state index contributed by atoms with van der Waals surface area (Å²) in [5.41, 5.74) is 2.60. The molecule has 0 N–H and O–H groups in total. The maximum Gasteiger partial charge on any atom is -0.0114 e. The topological polar surface area (TPSA) is 0 Å². The zero-order valence-electron chi connectivity index (χ0n) is 17.3. The van der Waals surface area contributed by atoms with E-state index >= 15 is 0 Å². The molecular formula is C26H58. The van der Waals surface area contributed by atoms with Crippen LogP contribution in [0.25, 0.3) is 0 Å². The average Bonchev–Trinajstić information content (AvgIpc) is 2.53. The summed E-state index contributed by atoms with van der Waals surface area (Å²) in [5.74, 6) is 1.40. The van der Waals surface area contributed by atoms with Crippen molar-refractivity contribution in [3.8, 4) is 0 Å². The van der Waals surface area contributed by atoms with Crippen molar-refractivity contribution < 1.29 is 0 Å². The lowest BCUT2D eigenvalue weighted by Gasteiger charge is -2.22. The minimum absolute atomic E-state index is 0. The second-order valence-corrected chi connectivity index (χ2v) is 7.18. The maximum atomic E-state index is 4.25. The summed E-state index contributed by atoms with van der Waals surface area (Å²) in [6.07, 6.45) is 15.1. The summed E-state index contributed by atoms with van der Waals surface area (Å²) in [7, 11) is 0. The molecule has 0 heteroatoms. The lowest BCUT2D eigenvalue weighted by atomic mass is 9.83. The Kier molecular flexibility index (Phi) is 37.4. The normalized spacial score (nSPS) is 11.5. The van der Waals surface area contributed by atoms with Crippen molar-refractivity contribution in [1.29, 1.82) is 0 Å². The molecule has 0 aliphatic carbocycles. The summed E-state index contributed by atoms with van der Waals surface area (Å²) in [5, 5.41) is 0. The highest BCUT2D eigenvalue weighted by Gasteiger charge is 2.14. The maximum absolute atomic E-state index is 4.25. The van der Waals surface area contributed by atoms with E-state index in [9.17, 15) is 0 Å². The van der Waals surface area contributed by atoms with Crippen LogP contribution in [-0.4, -0.2) is 0 Å². The van der Waals surface area contributed by atoms with Crippen molar-refractivity contribution in [3.63, 3.8) is 0 Å². The largest absolute Gasteiger partial charge is 0.0998 e. The van der Waals surface area contributed by atoms with E-state index in [1.165, 1.54) is 75.4 Å². The highest BCUT2D eigenvalue weighted by atomic mass is 14.2. The summed E-state index contributed by atoms with van der Waals surface area (Å²) in [4.78, 5) is 0. The Morgan fingerprint density at radius 1 is 0.731 bits per heavy atom. The van der Waals surface area contributed by atoms with E-state index in [-0.39, 0.29) is 22.3 Å². The lowest BCUT2D eigenvalue weighted by Crippen LogP contribution is -2.10. The molecule has 0 spiro atoms. The number of hydrogen-bond acceptors (Lipinski definition) is 0. The van der Waals surface area contributed by atoms with Gasteiger partial charge in [0.2, 0.25) is 0 Å². The third-order valence-electron chi connectivity index (χ3n) is 4.79. The van der Waals surface area contributed by atoms with Crippen molar-refractivity contribution in [2.75, 3.05) is 0 Å². The number of hydrogen-bond donors (Lipinski definition) is 0. The Morgan fingerprint density at radius 2 is 1.12 bits per heavy atom. The summed E-state index contributed by atoms with van der Waals surface area (Å²) in [6, 6.07) is 0. The van der Waals surface area contributed by atoms with Gasteiger partial charge in [-0.25, -0.2) is 0 Å². The van der Waals surface area contributed by atoms with Crippen molar-refractivity contribution in [2.24, 2.45) is 11.8 Å². The summed E-state index contributed by atoms with van der Waals surface area (Å²) < 4.78 is 0. The van der Waals surface area contributed by atoms with Gasteiger partial charge in [0.05, 0.1) is 0 Å². The molecule has 0 aromatic heterocycles. The van der Waals surface area contributed by atoms with Crippen LogP contribution < -0.4 is 0 Å². The van der Waals surface area contributed by atoms with E-state index in [2.05, 4.69) is 40.9 Å². The second kappa shape index (κ2) is 26.7. The van der Waals surface area contributed by atoms with Gasteiger partial charge in [-0.3, -0.25) is 0 Å². The van der Waals surface area contributed by atoms with Gasteiger partial charge in [0.15, 0.2) is 0 Å². The molecule has 0 rings (SSSR count). The van der Waals surface area contributed by atoms with Crippen LogP contribution in [0.4, 0.5) is 0 Å². The minimum Gasteiger partial charge on any atom is -0.0998 e. The van der Waals surface area contributed by atoms with Crippen LogP contribution in [0.2, 0.25) is 0 Å². The van der Waals surface area contributed by atoms with Crippen LogP contribution in [0.15, 0.2) is 24.3 Å². The van der Waals surface area contributed by atoms with Crippen molar-refractivity contribution >= 4 is 0 Å². The Morgan fingerprint density at radius 3 is 1.50 bits per heavy atom. The third-order valence-corrected chi connectivity index (χ3v) is 4.79. The zero-order valence-corrected chi connectivity index (χ0v) is 17.3. The standard InChI is InChI=1S/C21H40.C2H6.3CH4/c1-7-8-9-10-11-12-13-14-15-16-19(4)21(6)20(5)17-18(2)3;1-2;;;/h19,21H,2,5,7-17H2,1,3-4,6H3;1-2H3;3*1H4. The first-order valence-corrected chi connectivity index (χ1v) is 10.3. The van der Waals surface area contributed by atoms with E-state index in [1.807, 2.05) is 13.8 Å². The van der Waals surface area contributed by atoms with Gasteiger partial charge in [0, 0.05) is 0 Å². The predicted molar refractivity (Wildman–Crippen MR) is 130 cm³/mol. The summed E-state index contributed by atoms with van der Waals surface area (Å²) in [6.45, 7) is 21.4. The van der Waals surface area contributed by atoms with E-state index in [0.717, 1.165) is 12.3 Å². The lowest BCUT2D eigenvalue weighted by molar-refractivity contribution is 0.386. The van der Waals surface area contributed by atoms with E-state index < -0.39 is 0 Å². The van der Waals surface area contributed by atoms with Gasteiger partial charge in [0.25, 0.3) is 0 Å². The zero-order chi connectivity index (χ0) is 18.1. The SMILES string of the molecule is C.C.C.C=C(C)CC(=C)C(C)C(C)CCCCCCCCCCC.CC. The minimum atomic E-state index is 0. The molecule has 0 amide bonds. The highest BCUT2D eigenvalue weighted by Crippen LogP contribution is 2.27. The molecular weight excluding hydrogens is 312 g/mol. The molecule has 0 heterocycles. The second-order valence-electron chi connectivity index (χ2n) is 7.18. The quantitative estimate of drug-likeness (QED) is 0.210. The monoisotopic (exact) mass is 370 g/mol. The molecule has 0 fully saturated rings. The fourth-order valence-electron chi connectivity index (χ4n) is 2.98. The molecule has 0 radical (unpaired) electrons. The molecule has 0 aliphatic heterocycles. The Labute approximate surface area is 171 Å². The van der Waals surface area contributed by atoms with Crippen LogP contribution in [0.1, 0.15) is 134 Å². The van der Waals surface area contributed by atoms with Crippen molar-refractivity contribution in [3.05, 3.63) is 24.3 Å². The molecule has 26 heavy (non-hydrogen) atoms. The molecule has 2 atom stereocenters. The summed E-state index contributed by atoms with van der Waals surface area (Å²) >= 11 is 0. The van der Waals surface area contributed by atoms with Crippen LogP contribution in [0, 0.1) is 11.8 Å². The highest BCUT2D eigenvalue weighted by molar-refractivity contribution is 5.10. The molecule has 0 aromatic rings. The van der Waals surface area contributed by atoms with Crippen LogP contribution in [0.5, 0.6) is 0 Å². The molecule has 162 valence electrons. The van der Waals surface area contributed by atoms with Gasteiger partial charge in [-0.1, -0.05) is 145 Å². The first-order valence-electron chi connectivity index (χ1n) is 10.3. The van der Waals surface area contributed by atoms with Gasteiger partial charge < -0.3 is 0 Å². The molecule has 2 unspecified atom stereocenters. The van der Waals surface area contributed by atoms with Gasteiger partial charge in [-0.2, -0.15) is 0 Å². The van der Waals surface area contributed by atoms with Gasteiger partial charge in [-0.15, -0.1) is 0 Å². The van der Waals surface area contributed by atoms with E-state index in [4.69, 9.17) is 0 Å². The Balaban J connectivity index is -0.000000283. The first-order chi connectivity index (χ1) is 11.0. The van der Waals surface area contributed by atoms with Crippen molar-refractivity contribution in [2.45, 2.75) is 134 Å². The average molecular weight is 371 g/mol. The fraction of sp³-hybridized carbons (Fsp3) is 0.846. The predicted octanol–water partition coefficient (Wildman–Crippen LogP) is 10.6. The van der Waals surface area contributed by atoms with Crippen LogP contribution >= 0.6 is 0 Å². The molecule has 0 saturated heterocycles. The Bertz CT molecular complexity index is 274. The molecule has 0 bridgehead atoms. The van der Waals surface area contributed by atoms with Crippen LogP contribution in [-0.2, 0) is 0 Å². The molecule has 0 saturated carbocycles. The smallest absolute Gasteiger partial charge is 0.0114 e. The molecule has 0 aromatic carbocycles. The van der Waals surface area contributed by atoms with Crippen molar-refractivity contribution in [1.82, 2.24) is 0 Å². The Hall–Kier alpha value is -0.520. The van der Waals surface area contributed by atoms with E-state index in [1.54, 1.807) is 0 Å². The molecule has 0 nitrogen and oxygen atoms in total. The molecule has 0 aliphatic rings. The fourth-order valence-corrected chi connectivity index (χ4v) is 2.98. The number of unbranched alkanes of at least 4 members (excludes halogenated alkanes) is 8. The van der Waals surface area contributed by atoms with Gasteiger partial charge >= 0.3 is 0 Å².